The molecule has 0 bridgehead atoms. The van der Waals surface area contributed by atoms with Gasteiger partial charge in [-0.25, -0.2) is 8.42 Å². The van der Waals surface area contributed by atoms with Gasteiger partial charge in [-0.3, -0.25) is 0 Å². The smallest absolute Gasteiger partial charge is 0.154 e. The van der Waals surface area contributed by atoms with Crippen molar-refractivity contribution in [2.45, 2.75) is 19.5 Å². The second-order valence-corrected chi connectivity index (χ2v) is 6.80. The summed E-state index contributed by atoms with van der Waals surface area (Å²) >= 11 is 0. The molecule has 2 rings (SSSR count). The lowest BCUT2D eigenvalue weighted by Gasteiger charge is -2.33. The predicted octanol–water partition coefficient (Wildman–Crippen LogP) is -0.181. The topological polar surface area (TPSA) is 75.2 Å². The maximum atomic E-state index is 11.5. The summed E-state index contributed by atoms with van der Waals surface area (Å²) in [6.45, 7) is 3.07. The number of nitrogens with zero attached hydrogens (tertiary/aromatic N) is 3. The van der Waals surface area contributed by atoms with Gasteiger partial charge in [0.05, 0.1) is 17.2 Å². The Labute approximate surface area is 107 Å². The van der Waals surface area contributed by atoms with Crippen LogP contribution >= 0.6 is 0 Å². The van der Waals surface area contributed by atoms with E-state index in [0.717, 1.165) is 11.5 Å². The second kappa shape index (κ2) is 5.19. The average molecular weight is 270 g/mol. The molecule has 1 unspecified atom stereocenters. The van der Waals surface area contributed by atoms with Gasteiger partial charge in [0.1, 0.15) is 0 Å². The van der Waals surface area contributed by atoms with Gasteiger partial charge in [-0.1, -0.05) is 0 Å². The van der Waals surface area contributed by atoms with Crippen molar-refractivity contribution in [3.63, 3.8) is 0 Å². The second-order valence-electron chi connectivity index (χ2n) is 4.57. The lowest BCUT2D eigenvalue weighted by atomic mass is 10.3. The molecule has 7 heteroatoms. The first-order chi connectivity index (χ1) is 8.52. The third-order valence-electron chi connectivity index (χ3n) is 3.03. The molecule has 0 aliphatic carbocycles. The molecule has 1 aromatic heterocycles. The van der Waals surface area contributed by atoms with Crippen LogP contribution in [-0.4, -0.2) is 49.8 Å². The van der Waals surface area contributed by atoms with Crippen molar-refractivity contribution >= 4 is 15.7 Å². The van der Waals surface area contributed by atoms with Crippen LogP contribution in [-0.2, 0) is 16.4 Å². The first kappa shape index (κ1) is 13.2. The molecular formula is C11H18N4O2S. The summed E-state index contributed by atoms with van der Waals surface area (Å²) in [6, 6.07) is 3.76. The minimum absolute atomic E-state index is 0.0480. The van der Waals surface area contributed by atoms with E-state index in [2.05, 4.69) is 15.5 Å². The van der Waals surface area contributed by atoms with E-state index in [4.69, 9.17) is 0 Å². The van der Waals surface area contributed by atoms with Gasteiger partial charge >= 0.3 is 0 Å². The molecule has 18 heavy (non-hydrogen) atoms. The number of rotatable bonds is 3. The van der Waals surface area contributed by atoms with Crippen molar-refractivity contribution in [2.75, 3.05) is 30.0 Å². The van der Waals surface area contributed by atoms with E-state index in [1.807, 2.05) is 31.0 Å². The number of nitrogens with one attached hydrogen (secondary N) is 1. The molecule has 6 nitrogen and oxygen atoms in total. The lowest BCUT2D eigenvalue weighted by Crippen LogP contribution is -2.47. The highest BCUT2D eigenvalue weighted by Crippen LogP contribution is 2.18. The van der Waals surface area contributed by atoms with Crippen molar-refractivity contribution in [2.24, 2.45) is 0 Å². The number of aromatic nitrogens is 2. The number of hydrogen-bond donors (Lipinski definition) is 1. The van der Waals surface area contributed by atoms with E-state index in [0.29, 0.717) is 13.1 Å². The lowest BCUT2D eigenvalue weighted by molar-refractivity contribution is 0.565. The highest BCUT2D eigenvalue weighted by molar-refractivity contribution is 7.91. The van der Waals surface area contributed by atoms with Crippen molar-refractivity contribution in [3.8, 4) is 0 Å². The molecule has 0 spiro atoms. The summed E-state index contributed by atoms with van der Waals surface area (Å²) in [5, 5.41) is 11.3. The quantitative estimate of drug-likeness (QED) is 0.821. The van der Waals surface area contributed by atoms with Gasteiger partial charge < -0.3 is 10.2 Å². The molecule has 1 atom stereocenters. The van der Waals surface area contributed by atoms with Gasteiger partial charge in [0.15, 0.2) is 15.7 Å². The molecular weight excluding hydrogens is 252 g/mol. The van der Waals surface area contributed by atoms with E-state index < -0.39 is 9.84 Å². The Kier molecular flexibility index (Phi) is 3.82. The number of hydrogen-bond acceptors (Lipinski definition) is 6. The van der Waals surface area contributed by atoms with Crippen molar-refractivity contribution in [1.82, 2.24) is 15.5 Å². The van der Waals surface area contributed by atoms with Crippen molar-refractivity contribution in [1.29, 1.82) is 0 Å². The first-order valence-corrected chi connectivity index (χ1v) is 7.78. The third-order valence-corrected chi connectivity index (χ3v) is 4.82. The molecule has 2 heterocycles. The summed E-state index contributed by atoms with van der Waals surface area (Å²) in [5.41, 5.74) is 0.874. The van der Waals surface area contributed by atoms with Gasteiger partial charge in [0, 0.05) is 19.1 Å². The fourth-order valence-electron chi connectivity index (χ4n) is 2.12. The Morgan fingerprint density at radius 1 is 1.44 bits per heavy atom. The highest BCUT2D eigenvalue weighted by atomic mass is 32.2. The Bertz CT molecular complexity index is 500. The fraction of sp³-hybridized carbons (Fsp3) is 0.636. The standard InChI is InChI=1S/C11H18N4O2S/c1-9-8-18(16,17)6-5-15(9)11-4-3-10(7-12-2)13-14-11/h3-4,9,12H,5-8H2,1-2H3. The summed E-state index contributed by atoms with van der Waals surface area (Å²) in [4.78, 5) is 2.00. The van der Waals surface area contributed by atoms with E-state index >= 15 is 0 Å². The molecule has 1 saturated heterocycles. The van der Waals surface area contributed by atoms with Crippen LogP contribution in [0.15, 0.2) is 12.1 Å². The monoisotopic (exact) mass is 270 g/mol. The van der Waals surface area contributed by atoms with Crippen LogP contribution in [0.5, 0.6) is 0 Å². The molecule has 1 aliphatic rings. The van der Waals surface area contributed by atoms with Crippen molar-refractivity contribution in [3.05, 3.63) is 17.8 Å². The highest BCUT2D eigenvalue weighted by Gasteiger charge is 2.28. The molecule has 1 aromatic rings. The third kappa shape index (κ3) is 2.97. The minimum Gasteiger partial charge on any atom is -0.350 e. The van der Waals surface area contributed by atoms with Gasteiger partial charge in [0.2, 0.25) is 0 Å². The van der Waals surface area contributed by atoms with Gasteiger partial charge in [0.25, 0.3) is 0 Å². The van der Waals surface area contributed by atoms with Crippen molar-refractivity contribution < 1.29 is 8.42 Å². The van der Waals surface area contributed by atoms with Crippen LogP contribution < -0.4 is 10.2 Å². The Morgan fingerprint density at radius 2 is 2.22 bits per heavy atom. The van der Waals surface area contributed by atoms with Crippen LogP contribution in [0.25, 0.3) is 0 Å². The molecule has 1 N–H and O–H groups in total. The summed E-state index contributed by atoms with van der Waals surface area (Å²) in [6.07, 6.45) is 0. The molecule has 0 aromatic carbocycles. The zero-order chi connectivity index (χ0) is 13.2. The largest absolute Gasteiger partial charge is 0.350 e. The van der Waals surface area contributed by atoms with Gasteiger partial charge in [-0.15, -0.1) is 5.10 Å². The zero-order valence-corrected chi connectivity index (χ0v) is 11.4. The molecule has 100 valence electrons. The maximum absolute atomic E-state index is 11.5. The minimum atomic E-state index is -2.89. The van der Waals surface area contributed by atoms with E-state index in [-0.39, 0.29) is 17.5 Å². The van der Waals surface area contributed by atoms with E-state index in [1.165, 1.54) is 0 Å². The van der Waals surface area contributed by atoms with E-state index in [1.54, 1.807) is 0 Å². The number of anilines is 1. The Balaban J connectivity index is 2.12. The molecule has 1 aliphatic heterocycles. The fourth-order valence-corrected chi connectivity index (χ4v) is 3.68. The predicted molar refractivity (Wildman–Crippen MR) is 70.3 cm³/mol. The van der Waals surface area contributed by atoms with Crippen LogP contribution in [0.3, 0.4) is 0 Å². The zero-order valence-electron chi connectivity index (χ0n) is 10.6. The Hall–Kier alpha value is -1.21. The molecule has 1 fully saturated rings. The van der Waals surface area contributed by atoms with Crippen LogP contribution in [0.4, 0.5) is 5.82 Å². The summed E-state index contributed by atoms with van der Waals surface area (Å²) < 4.78 is 23.0. The van der Waals surface area contributed by atoms with E-state index in [9.17, 15) is 8.42 Å². The van der Waals surface area contributed by atoms with Crippen LogP contribution in [0.2, 0.25) is 0 Å². The van der Waals surface area contributed by atoms with Crippen LogP contribution in [0, 0.1) is 0 Å². The molecule has 0 amide bonds. The SMILES string of the molecule is CNCc1ccc(N2CCS(=O)(=O)CC2C)nn1. The first-order valence-electron chi connectivity index (χ1n) is 5.96. The Morgan fingerprint density at radius 3 is 2.78 bits per heavy atom. The summed E-state index contributed by atoms with van der Waals surface area (Å²) in [5.74, 6) is 1.13. The summed E-state index contributed by atoms with van der Waals surface area (Å²) in [7, 11) is -1.04. The van der Waals surface area contributed by atoms with Gasteiger partial charge in [-0.05, 0) is 26.1 Å². The molecule has 0 saturated carbocycles. The maximum Gasteiger partial charge on any atom is 0.154 e. The average Bonchev–Trinajstić information content (AvgIpc) is 2.30. The van der Waals surface area contributed by atoms with Gasteiger partial charge in [-0.2, -0.15) is 5.10 Å². The molecule has 0 radical (unpaired) electrons. The normalized spacial score (nSPS) is 23.0. The number of sulfone groups is 1. The van der Waals surface area contributed by atoms with Crippen LogP contribution in [0.1, 0.15) is 12.6 Å².